The molecule has 7 nitrogen and oxygen atoms in total. The van der Waals surface area contributed by atoms with E-state index in [4.69, 9.17) is 9.47 Å². The van der Waals surface area contributed by atoms with Crippen LogP contribution >= 0.6 is 0 Å². The molecule has 1 aromatic carbocycles. The summed E-state index contributed by atoms with van der Waals surface area (Å²) in [5.74, 6) is 0. The van der Waals surface area contributed by atoms with Crippen LogP contribution in [0.1, 0.15) is 17.3 Å². The highest BCUT2D eigenvalue weighted by Gasteiger charge is 2.48. The topological polar surface area (TPSA) is 64.4 Å². The van der Waals surface area contributed by atoms with Crippen molar-refractivity contribution in [2.45, 2.75) is 37.4 Å². The molecule has 0 spiro atoms. The van der Waals surface area contributed by atoms with Gasteiger partial charge in [-0.05, 0) is 19.7 Å². The third-order valence-corrected chi connectivity index (χ3v) is 4.81. The average molecular weight is 343 g/mol. The second-order valence-electron chi connectivity index (χ2n) is 7.06. The van der Waals surface area contributed by atoms with Gasteiger partial charge >= 0.3 is 0 Å². The number of nitrogens with zero attached hydrogens (tertiary/aromatic N) is 4. The summed E-state index contributed by atoms with van der Waals surface area (Å²) >= 11 is 0. The maximum Gasteiger partial charge on any atom is 0.110 e. The van der Waals surface area contributed by atoms with Gasteiger partial charge in [0.25, 0.3) is 0 Å². The summed E-state index contributed by atoms with van der Waals surface area (Å²) in [4.78, 5) is 2.08. The highest BCUT2D eigenvalue weighted by atomic mass is 16.6. The van der Waals surface area contributed by atoms with Gasteiger partial charge in [0, 0.05) is 13.1 Å². The number of nitrogens with one attached hydrogen (secondary N) is 1. The molecule has 0 bridgehead atoms. The van der Waals surface area contributed by atoms with Crippen LogP contribution in [0.25, 0.3) is 0 Å². The fraction of sp³-hybridized carbons (Fsp3) is 0.556. The highest BCUT2D eigenvalue weighted by Crippen LogP contribution is 2.34. The SMILES string of the molecule is CN(C)Cc1cn(C2COC3C(NCc4ccccc4)COC32)nn1. The van der Waals surface area contributed by atoms with Crippen molar-refractivity contribution in [2.75, 3.05) is 27.3 Å². The summed E-state index contributed by atoms with van der Waals surface area (Å²) in [6.45, 7) is 2.88. The molecule has 1 N–H and O–H groups in total. The Morgan fingerprint density at radius 3 is 2.76 bits per heavy atom. The maximum absolute atomic E-state index is 6.05. The smallest absolute Gasteiger partial charge is 0.110 e. The lowest BCUT2D eigenvalue weighted by atomic mass is 10.1. The molecular formula is C18H25N5O2. The zero-order valence-electron chi connectivity index (χ0n) is 14.7. The second-order valence-corrected chi connectivity index (χ2v) is 7.06. The van der Waals surface area contributed by atoms with Gasteiger partial charge in [-0.3, -0.25) is 0 Å². The molecule has 0 amide bonds. The zero-order valence-corrected chi connectivity index (χ0v) is 14.7. The molecule has 2 aromatic rings. The normalized spacial score (nSPS) is 28.6. The Labute approximate surface area is 147 Å². The standard InChI is InChI=1S/C18H25N5O2/c1-22(2)9-14-10-23(21-20-14)16-12-25-17-15(11-24-18(16)17)19-8-13-6-4-3-5-7-13/h3-7,10,15-19H,8-9,11-12H2,1-2H3. The third-order valence-electron chi connectivity index (χ3n) is 4.81. The van der Waals surface area contributed by atoms with E-state index in [-0.39, 0.29) is 24.3 Å². The number of fused-ring (bicyclic) bond motifs is 1. The highest BCUT2D eigenvalue weighted by molar-refractivity contribution is 5.14. The molecule has 2 fully saturated rings. The molecule has 2 aliphatic rings. The van der Waals surface area contributed by atoms with Gasteiger partial charge in [0.2, 0.25) is 0 Å². The summed E-state index contributed by atoms with van der Waals surface area (Å²) < 4.78 is 14.0. The molecule has 2 saturated heterocycles. The van der Waals surface area contributed by atoms with Crippen LogP contribution in [0.2, 0.25) is 0 Å². The molecule has 4 atom stereocenters. The molecular weight excluding hydrogens is 318 g/mol. The largest absolute Gasteiger partial charge is 0.371 e. The first-order valence-electron chi connectivity index (χ1n) is 8.76. The van der Waals surface area contributed by atoms with E-state index in [1.54, 1.807) is 0 Å². The average Bonchev–Trinajstić information content (AvgIpc) is 3.30. The van der Waals surface area contributed by atoms with E-state index in [0.717, 1.165) is 18.8 Å². The van der Waals surface area contributed by atoms with E-state index in [2.05, 4.69) is 44.8 Å². The summed E-state index contributed by atoms with van der Waals surface area (Å²) in [6.07, 6.45) is 2.10. The van der Waals surface area contributed by atoms with Crippen molar-refractivity contribution in [3.05, 3.63) is 47.8 Å². The molecule has 1 aromatic heterocycles. The maximum atomic E-state index is 6.05. The quantitative estimate of drug-likeness (QED) is 0.838. The second kappa shape index (κ2) is 7.21. The van der Waals surface area contributed by atoms with E-state index in [9.17, 15) is 0 Å². The van der Waals surface area contributed by atoms with Gasteiger partial charge < -0.3 is 19.7 Å². The molecule has 7 heteroatoms. The van der Waals surface area contributed by atoms with Crippen LogP contribution in [0.15, 0.2) is 36.5 Å². The third kappa shape index (κ3) is 3.59. The first-order valence-corrected chi connectivity index (χ1v) is 8.76. The fourth-order valence-corrected chi connectivity index (χ4v) is 3.60. The molecule has 25 heavy (non-hydrogen) atoms. The van der Waals surface area contributed by atoms with Gasteiger partial charge in [-0.25, -0.2) is 4.68 Å². The number of ether oxygens (including phenoxy) is 2. The molecule has 4 unspecified atom stereocenters. The summed E-state index contributed by atoms with van der Waals surface area (Å²) in [6, 6.07) is 10.7. The predicted molar refractivity (Wildman–Crippen MR) is 93.0 cm³/mol. The van der Waals surface area contributed by atoms with Crippen LogP contribution < -0.4 is 5.32 Å². The lowest BCUT2D eigenvalue weighted by molar-refractivity contribution is 0.0619. The Bertz CT molecular complexity index is 690. The van der Waals surface area contributed by atoms with Crippen LogP contribution in [0, 0.1) is 0 Å². The number of hydrogen-bond acceptors (Lipinski definition) is 6. The first-order chi connectivity index (χ1) is 12.2. The summed E-state index contributed by atoms with van der Waals surface area (Å²) in [5.41, 5.74) is 2.23. The van der Waals surface area contributed by atoms with Crippen molar-refractivity contribution in [1.29, 1.82) is 0 Å². The van der Waals surface area contributed by atoms with Crippen molar-refractivity contribution in [2.24, 2.45) is 0 Å². The molecule has 0 radical (unpaired) electrons. The molecule has 2 aliphatic heterocycles. The van der Waals surface area contributed by atoms with Gasteiger partial charge in [0.05, 0.1) is 31.1 Å². The van der Waals surface area contributed by atoms with E-state index in [0.29, 0.717) is 13.2 Å². The van der Waals surface area contributed by atoms with Gasteiger partial charge in [-0.15, -0.1) is 5.10 Å². The number of hydrogen-bond donors (Lipinski definition) is 1. The van der Waals surface area contributed by atoms with Crippen LogP contribution in [-0.4, -0.2) is 65.5 Å². The predicted octanol–water partition coefficient (Wildman–Crippen LogP) is 0.837. The van der Waals surface area contributed by atoms with Gasteiger partial charge in [-0.2, -0.15) is 0 Å². The summed E-state index contributed by atoms with van der Waals surface area (Å²) in [7, 11) is 4.05. The number of benzene rings is 1. The van der Waals surface area contributed by atoms with Crippen LogP contribution in [-0.2, 0) is 22.6 Å². The molecule has 3 heterocycles. The van der Waals surface area contributed by atoms with Gasteiger partial charge in [-0.1, -0.05) is 35.5 Å². The van der Waals surface area contributed by atoms with Crippen LogP contribution in [0.5, 0.6) is 0 Å². The lowest BCUT2D eigenvalue weighted by Crippen LogP contribution is -2.40. The summed E-state index contributed by atoms with van der Waals surface area (Å²) in [5, 5.41) is 12.1. The number of aromatic nitrogens is 3. The number of rotatable bonds is 6. The Kier molecular flexibility index (Phi) is 4.80. The van der Waals surface area contributed by atoms with Crippen molar-refractivity contribution in [3.8, 4) is 0 Å². The Morgan fingerprint density at radius 2 is 1.96 bits per heavy atom. The minimum Gasteiger partial charge on any atom is -0.371 e. The van der Waals surface area contributed by atoms with E-state index < -0.39 is 0 Å². The van der Waals surface area contributed by atoms with Gasteiger partial charge in [0.1, 0.15) is 18.2 Å². The monoisotopic (exact) mass is 343 g/mol. The lowest BCUT2D eigenvalue weighted by Gasteiger charge is -2.18. The van der Waals surface area contributed by atoms with Crippen LogP contribution in [0.4, 0.5) is 0 Å². The van der Waals surface area contributed by atoms with E-state index in [1.807, 2.05) is 31.0 Å². The zero-order chi connectivity index (χ0) is 17.2. The van der Waals surface area contributed by atoms with Crippen molar-refractivity contribution >= 4 is 0 Å². The van der Waals surface area contributed by atoms with E-state index in [1.165, 1.54) is 5.56 Å². The van der Waals surface area contributed by atoms with E-state index >= 15 is 0 Å². The van der Waals surface area contributed by atoms with Crippen LogP contribution in [0.3, 0.4) is 0 Å². The Morgan fingerprint density at radius 1 is 1.16 bits per heavy atom. The molecule has 0 aliphatic carbocycles. The Balaban J connectivity index is 1.37. The Hall–Kier alpha value is -1.80. The minimum atomic E-state index is 0.0298. The first kappa shape index (κ1) is 16.7. The molecule has 134 valence electrons. The minimum absolute atomic E-state index is 0.0298. The molecule has 0 saturated carbocycles. The van der Waals surface area contributed by atoms with Crippen molar-refractivity contribution in [1.82, 2.24) is 25.2 Å². The van der Waals surface area contributed by atoms with Gasteiger partial charge in [0.15, 0.2) is 0 Å². The van der Waals surface area contributed by atoms with Crippen molar-refractivity contribution in [3.63, 3.8) is 0 Å². The molecule has 4 rings (SSSR count). The van der Waals surface area contributed by atoms with Crippen molar-refractivity contribution < 1.29 is 9.47 Å². The fourth-order valence-electron chi connectivity index (χ4n) is 3.60.